The Bertz CT molecular complexity index is 583. The summed E-state index contributed by atoms with van der Waals surface area (Å²) in [7, 11) is 1.56. The van der Waals surface area contributed by atoms with Crippen LogP contribution in [0.5, 0.6) is 11.5 Å². The van der Waals surface area contributed by atoms with Crippen LogP contribution in [0.4, 0.5) is 0 Å². The Morgan fingerprint density at radius 3 is 2.86 bits per heavy atom. The first-order valence-corrected chi connectivity index (χ1v) is 6.86. The molecule has 0 radical (unpaired) electrons. The van der Waals surface area contributed by atoms with E-state index in [-0.39, 0.29) is 19.1 Å². The summed E-state index contributed by atoms with van der Waals surface area (Å²) in [5, 5.41) is 20.9. The smallest absolute Gasteiger partial charge is 0.337 e. The first kappa shape index (κ1) is 16.1. The third-order valence-electron chi connectivity index (χ3n) is 3.61. The minimum atomic E-state index is -1.99. The van der Waals surface area contributed by atoms with E-state index in [1.807, 2.05) is 6.07 Å². The van der Waals surface area contributed by atoms with Gasteiger partial charge in [-0.2, -0.15) is 0 Å². The molecule has 0 spiro atoms. The van der Waals surface area contributed by atoms with Gasteiger partial charge in [0.2, 0.25) is 5.91 Å². The van der Waals surface area contributed by atoms with Crippen LogP contribution in [0.2, 0.25) is 0 Å². The number of carboxylic acid groups (broad SMARTS) is 1. The number of methoxy groups -OCH3 is 1. The molecule has 0 saturated heterocycles. The Labute approximate surface area is 127 Å². The average Bonchev–Trinajstić information content (AvgIpc) is 2.51. The minimum Gasteiger partial charge on any atom is -0.497 e. The van der Waals surface area contributed by atoms with E-state index in [1.165, 1.54) is 0 Å². The molecule has 0 aromatic heterocycles. The van der Waals surface area contributed by atoms with Crippen molar-refractivity contribution in [2.75, 3.05) is 20.3 Å². The van der Waals surface area contributed by atoms with Gasteiger partial charge in [0, 0.05) is 0 Å². The number of hydrogen-bond donors (Lipinski definition) is 3. The first-order chi connectivity index (χ1) is 10.3. The summed E-state index contributed by atoms with van der Waals surface area (Å²) in [4.78, 5) is 22.9. The van der Waals surface area contributed by atoms with Crippen molar-refractivity contribution < 1.29 is 29.3 Å². The van der Waals surface area contributed by atoms with Gasteiger partial charge in [0.25, 0.3) is 0 Å². The van der Waals surface area contributed by atoms with E-state index in [0.717, 1.165) is 12.5 Å². The Morgan fingerprint density at radius 1 is 1.50 bits per heavy atom. The van der Waals surface area contributed by atoms with Crippen LogP contribution in [-0.4, -0.2) is 48.0 Å². The number of rotatable bonds is 5. The van der Waals surface area contributed by atoms with Crippen molar-refractivity contribution >= 4 is 11.9 Å². The number of benzene rings is 1. The Morgan fingerprint density at radius 2 is 2.23 bits per heavy atom. The summed E-state index contributed by atoms with van der Waals surface area (Å²) in [6.45, 7) is 0.982. The summed E-state index contributed by atoms with van der Waals surface area (Å²) in [5.74, 6) is -0.790. The average molecular weight is 309 g/mol. The van der Waals surface area contributed by atoms with Gasteiger partial charge >= 0.3 is 5.97 Å². The van der Waals surface area contributed by atoms with Crippen LogP contribution in [0.1, 0.15) is 12.5 Å². The molecule has 2 rings (SSSR count). The van der Waals surface area contributed by atoms with Crippen LogP contribution in [0.15, 0.2) is 18.2 Å². The third-order valence-corrected chi connectivity index (χ3v) is 3.61. The first-order valence-electron chi connectivity index (χ1n) is 6.86. The molecule has 1 aromatic carbocycles. The number of aliphatic carboxylic acids is 1. The van der Waals surface area contributed by atoms with Crippen molar-refractivity contribution in [2.24, 2.45) is 5.92 Å². The van der Waals surface area contributed by atoms with Crippen LogP contribution >= 0.6 is 0 Å². The molecule has 22 heavy (non-hydrogen) atoms. The lowest BCUT2D eigenvalue weighted by Crippen LogP contribution is -2.49. The monoisotopic (exact) mass is 309 g/mol. The third kappa shape index (κ3) is 3.48. The van der Waals surface area contributed by atoms with E-state index in [4.69, 9.17) is 14.6 Å². The second-order valence-electron chi connectivity index (χ2n) is 5.48. The highest BCUT2D eigenvalue weighted by atomic mass is 16.5. The number of amides is 1. The van der Waals surface area contributed by atoms with E-state index in [9.17, 15) is 14.7 Å². The highest BCUT2D eigenvalue weighted by Gasteiger charge is 2.32. The number of hydrogen-bond acceptors (Lipinski definition) is 5. The Hall–Kier alpha value is -2.28. The summed E-state index contributed by atoms with van der Waals surface area (Å²) in [5.41, 5.74) is -1.14. The molecular formula is C15H19NO6. The fourth-order valence-electron chi connectivity index (χ4n) is 2.15. The number of ether oxygens (including phenoxy) is 2. The summed E-state index contributed by atoms with van der Waals surface area (Å²) in [6, 6.07) is 5.38. The summed E-state index contributed by atoms with van der Waals surface area (Å²) in [6.07, 6.45) is 0.466. The second kappa shape index (κ2) is 6.23. The van der Waals surface area contributed by atoms with Crippen molar-refractivity contribution in [3.63, 3.8) is 0 Å². The predicted octanol–water partition coefficient (Wildman–Crippen LogP) is 0.198. The highest BCUT2D eigenvalue weighted by Crippen LogP contribution is 2.30. The van der Waals surface area contributed by atoms with Crippen molar-refractivity contribution in [1.82, 2.24) is 5.32 Å². The molecule has 3 N–H and O–H groups in total. The summed E-state index contributed by atoms with van der Waals surface area (Å²) < 4.78 is 10.7. The number of nitrogens with one attached hydrogen (secondary N) is 1. The second-order valence-corrected chi connectivity index (χ2v) is 5.48. The topological polar surface area (TPSA) is 105 Å². The van der Waals surface area contributed by atoms with E-state index in [1.54, 1.807) is 19.2 Å². The fraction of sp³-hybridized carbons (Fsp3) is 0.467. The van der Waals surface area contributed by atoms with Crippen molar-refractivity contribution in [2.45, 2.75) is 18.9 Å². The zero-order valence-corrected chi connectivity index (χ0v) is 12.5. The normalized spacial score (nSPS) is 19.3. The van der Waals surface area contributed by atoms with Crippen molar-refractivity contribution in [3.8, 4) is 11.5 Å². The molecular weight excluding hydrogens is 290 g/mol. The molecule has 0 aliphatic carbocycles. The molecule has 0 saturated carbocycles. The lowest BCUT2D eigenvalue weighted by molar-refractivity contribution is -0.156. The van der Waals surface area contributed by atoms with Gasteiger partial charge in [-0.1, -0.05) is 0 Å². The van der Waals surface area contributed by atoms with Crippen molar-refractivity contribution in [3.05, 3.63) is 23.8 Å². The molecule has 0 bridgehead atoms. The van der Waals surface area contributed by atoms with Gasteiger partial charge in [0.05, 0.1) is 19.6 Å². The standard InChI is InChI=1S/C15H19NO6/c1-15(20,14(18)19)8-16-13(17)10-5-9-6-11(21-2)3-4-12(9)22-7-10/h3-4,6,10,20H,5,7-8H2,1-2H3,(H,16,17)(H,18,19). The highest BCUT2D eigenvalue weighted by molar-refractivity contribution is 5.82. The number of fused-ring (bicyclic) bond motifs is 1. The Balaban J connectivity index is 1.99. The van der Waals surface area contributed by atoms with Gasteiger partial charge in [-0.3, -0.25) is 4.79 Å². The molecule has 7 heteroatoms. The van der Waals surface area contributed by atoms with E-state index in [2.05, 4.69) is 5.32 Å². The zero-order valence-electron chi connectivity index (χ0n) is 12.5. The van der Waals surface area contributed by atoms with Gasteiger partial charge < -0.3 is 25.0 Å². The number of carboxylic acids is 1. The Kier molecular flexibility index (Phi) is 4.56. The van der Waals surface area contributed by atoms with Gasteiger partial charge in [-0.15, -0.1) is 0 Å². The fourth-order valence-corrected chi connectivity index (χ4v) is 2.15. The van der Waals surface area contributed by atoms with E-state index in [0.29, 0.717) is 17.9 Å². The van der Waals surface area contributed by atoms with Gasteiger partial charge in [0.1, 0.15) is 18.1 Å². The largest absolute Gasteiger partial charge is 0.497 e. The lowest BCUT2D eigenvalue weighted by atomic mass is 9.95. The van der Waals surface area contributed by atoms with Gasteiger partial charge in [-0.25, -0.2) is 4.79 Å². The molecule has 1 aliphatic rings. The molecule has 1 amide bonds. The molecule has 1 aromatic rings. The zero-order chi connectivity index (χ0) is 16.3. The van der Waals surface area contributed by atoms with Crippen LogP contribution in [0.25, 0.3) is 0 Å². The molecule has 1 heterocycles. The van der Waals surface area contributed by atoms with E-state index >= 15 is 0 Å². The molecule has 2 atom stereocenters. The molecule has 120 valence electrons. The number of aliphatic hydroxyl groups is 1. The summed E-state index contributed by atoms with van der Waals surface area (Å²) >= 11 is 0. The molecule has 2 unspecified atom stereocenters. The van der Waals surface area contributed by atoms with Crippen LogP contribution in [0, 0.1) is 5.92 Å². The number of carbonyl (C=O) groups excluding carboxylic acids is 1. The lowest BCUT2D eigenvalue weighted by Gasteiger charge is -2.26. The minimum absolute atomic E-state index is 0.209. The quantitative estimate of drug-likeness (QED) is 0.717. The van der Waals surface area contributed by atoms with Crippen LogP contribution in [-0.2, 0) is 16.0 Å². The molecule has 0 fully saturated rings. The molecule has 7 nitrogen and oxygen atoms in total. The van der Waals surface area contributed by atoms with Crippen LogP contribution < -0.4 is 14.8 Å². The van der Waals surface area contributed by atoms with Crippen LogP contribution in [0.3, 0.4) is 0 Å². The van der Waals surface area contributed by atoms with Gasteiger partial charge in [0.15, 0.2) is 5.60 Å². The predicted molar refractivity (Wildman–Crippen MR) is 77.0 cm³/mol. The SMILES string of the molecule is COc1ccc2c(c1)CC(C(=O)NCC(C)(O)C(=O)O)CO2. The number of carbonyl (C=O) groups is 2. The van der Waals surface area contributed by atoms with Crippen molar-refractivity contribution in [1.29, 1.82) is 0 Å². The maximum atomic E-state index is 12.1. The van der Waals surface area contributed by atoms with Gasteiger partial charge in [-0.05, 0) is 37.1 Å². The van der Waals surface area contributed by atoms with E-state index < -0.39 is 17.5 Å². The maximum Gasteiger partial charge on any atom is 0.337 e. The maximum absolute atomic E-state index is 12.1. The molecule has 1 aliphatic heterocycles.